The van der Waals surface area contributed by atoms with Crippen LogP contribution in [0.25, 0.3) is 10.9 Å². The topological polar surface area (TPSA) is 88.6 Å². The van der Waals surface area contributed by atoms with Crippen LogP contribution in [0.2, 0.25) is 0 Å². The zero-order valence-corrected chi connectivity index (χ0v) is 13.8. The Morgan fingerprint density at radius 1 is 1.12 bits per heavy atom. The molecule has 1 aromatic heterocycles. The van der Waals surface area contributed by atoms with Gasteiger partial charge in [0, 0.05) is 22.7 Å². The number of para-hydroxylation sites is 1. The minimum atomic E-state index is -1.00. The van der Waals surface area contributed by atoms with Gasteiger partial charge in [-0.15, -0.1) is 0 Å². The summed E-state index contributed by atoms with van der Waals surface area (Å²) in [5.74, 6) is -0.955. The van der Waals surface area contributed by atoms with Crippen molar-refractivity contribution in [2.24, 2.45) is 0 Å². The van der Waals surface area contributed by atoms with Crippen LogP contribution in [0.15, 0.2) is 48.7 Å². The maximum absolute atomic E-state index is 12.6. The number of nitrogens with one attached hydrogen (secondary N) is 1. The summed E-state index contributed by atoms with van der Waals surface area (Å²) in [5, 5.41) is 10.6. The lowest BCUT2D eigenvalue weighted by atomic mass is 10.1. The summed E-state index contributed by atoms with van der Waals surface area (Å²) in [6.07, 6.45) is 0.595. The van der Waals surface area contributed by atoms with Crippen LogP contribution in [-0.4, -0.2) is 35.1 Å². The van der Waals surface area contributed by atoms with Gasteiger partial charge in [0.15, 0.2) is 6.10 Å². The molecule has 2 N–H and O–H groups in total. The summed E-state index contributed by atoms with van der Waals surface area (Å²) in [4.78, 5) is 27.9. The first-order chi connectivity index (χ1) is 12.0. The number of hydrogen-bond acceptors (Lipinski definition) is 5. The number of aromatic nitrogens is 1. The molecule has 0 saturated carbocycles. The second kappa shape index (κ2) is 6.68. The Morgan fingerprint density at radius 3 is 2.64 bits per heavy atom. The number of phenolic OH excluding ortho intramolecular Hbond substituents is 1. The van der Waals surface area contributed by atoms with Gasteiger partial charge in [-0.1, -0.05) is 18.2 Å². The van der Waals surface area contributed by atoms with Gasteiger partial charge in [-0.25, -0.2) is 4.79 Å². The second-order valence-corrected chi connectivity index (χ2v) is 5.54. The zero-order chi connectivity index (χ0) is 18.0. The monoisotopic (exact) mass is 339 g/mol. The van der Waals surface area contributed by atoms with Gasteiger partial charge < -0.3 is 19.6 Å². The van der Waals surface area contributed by atoms with E-state index >= 15 is 0 Å². The number of ether oxygens (including phenoxy) is 2. The van der Waals surface area contributed by atoms with E-state index in [4.69, 9.17) is 9.47 Å². The average Bonchev–Trinajstić information content (AvgIpc) is 3.05. The van der Waals surface area contributed by atoms with Crippen molar-refractivity contribution in [2.75, 3.05) is 7.11 Å². The molecule has 6 heteroatoms. The number of ketones is 1. The van der Waals surface area contributed by atoms with Crippen LogP contribution in [0.4, 0.5) is 0 Å². The fourth-order valence-corrected chi connectivity index (χ4v) is 2.58. The Hall–Kier alpha value is -3.28. The predicted octanol–water partition coefficient (Wildman–Crippen LogP) is 3.31. The molecule has 0 spiro atoms. The van der Waals surface area contributed by atoms with E-state index < -0.39 is 12.1 Å². The minimum Gasteiger partial charge on any atom is -0.507 e. The number of Topliss-reactive ketones (excluding diaryl/α,β-unsaturated/α-hetero) is 1. The second-order valence-electron chi connectivity index (χ2n) is 5.54. The van der Waals surface area contributed by atoms with Crippen molar-refractivity contribution in [3.63, 3.8) is 0 Å². The van der Waals surface area contributed by atoms with Gasteiger partial charge in [0.25, 0.3) is 0 Å². The van der Waals surface area contributed by atoms with E-state index in [0.717, 1.165) is 10.9 Å². The zero-order valence-electron chi connectivity index (χ0n) is 13.8. The highest BCUT2D eigenvalue weighted by Gasteiger charge is 2.24. The van der Waals surface area contributed by atoms with Crippen molar-refractivity contribution in [1.82, 2.24) is 4.98 Å². The highest BCUT2D eigenvalue weighted by atomic mass is 16.5. The summed E-state index contributed by atoms with van der Waals surface area (Å²) in [7, 11) is 1.45. The Kier molecular flexibility index (Phi) is 4.43. The lowest BCUT2D eigenvalue weighted by molar-refractivity contribution is 0.0316. The minimum absolute atomic E-state index is 0.0575. The third-order valence-electron chi connectivity index (χ3n) is 3.93. The number of phenols is 1. The van der Waals surface area contributed by atoms with Gasteiger partial charge in [0.2, 0.25) is 5.78 Å². The van der Waals surface area contributed by atoms with E-state index in [9.17, 15) is 14.7 Å². The molecule has 2 aromatic carbocycles. The number of carbonyl (C=O) groups is 2. The molecule has 0 saturated heterocycles. The maximum atomic E-state index is 12.6. The fraction of sp³-hybridized carbons (Fsp3) is 0.158. The molecule has 1 atom stereocenters. The first-order valence-electron chi connectivity index (χ1n) is 7.69. The number of methoxy groups -OCH3 is 1. The third-order valence-corrected chi connectivity index (χ3v) is 3.93. The van der Waals surface area contributed by atoms with Gasteiger partial charge >= 0.3 is 5.97 Å². The number of hydrogen-bond donors (Lipinski definition) is 2. The third kappa shape index (κ3) is 3.19. The number of H-pyrrole nitrogens is 1. The lowest BCUT2D eigenvalue weighted by Crippen LogP contribution is -2.24. The highest BCUT2D eigenvalue weighted by Crippen LogP contribution is 2.25. The van der Waals surface area contributed by atoms with Crippen LogP contribution in [-0.2, 0) is 4.74 Å². The molecule has 128 valence electrons. The SMILES string of the molecule is COc1ccc(O)c(C(=O)O[C@H](C)C(=O)c2c[nH]c3ccccc23)c1. The fourth-order valence-electron chi connectivity index (χ4n) is 2.58. The Labute approximate surface area is 144 Å². The average molecular weight is 339 g/mol. The quantitative estimate of drug-likeness (QED) is 0.550. The molecule has 1 heterocycles. The first-order valence-corrected chi connectivity index (χ1v) is 7.69. The Morgan fingerprint density at radius 2 is 1.88 bits per heavy atom. The number of esters is 1. The molecule has 0 aliphatic carbocycles. The van der Waals surface area contributed by atoms with E-state index in [1.165, 1.54) is 32.2 Å². The Bertz CT molecular complexity index is 944. The number of benzene rings is 2. The van der Waals surface area contributed by atoms with Crippen molar-refractivity contribution in [2.45, 2.75) is 13.0 Å². The molecule has 3 aromatic rings. The molecular formula is C19H17NO5. The standard InChI is InChI=1S/C19H17NO5/c1-11(18(22)15-10-20-16-6-4-3-5-13(15)16)25-19(23)14-9-12(24-2)7-8-17(14)21/h3-11,20-21H,1-2H3/t11-/m1/s1. The van der Waals surface area contributed by atoms with Crippen molar-refractivity contribution in [3.05, 3.63) is 59.8 Å². The number of rotatable bonds is 5. The number of carbonyl (C=O) groups excluding carboxylic acids is 2. The maximum Gasteiger partial charge on any atom is 0.342 e. The molecule has 3 rings (SSSR count). The van der Waals surface area contributed by atoms with Crippen LogP contribution >= 0.6 is 0 Å². The van der Waals surface area contributed by atoms with E-state index in [1.807, 2.05) is 24.3 Å². The molecule has 6 nitrogen and oxygen atoms in total. The molecular weight excluding hydrogens is 322 g/mol. The van der Waals surface area contributed by atoms with Gasteiger partial charge in [-0.05, 0) is 31.2 Å². The molecule has 0 bridgehead atoms. The van der Waals surface area contributed by atoms with Crippen LogP contribution in [0.3, 0.4) is 0 Å². The normalized spacial score (nSPS) is 11.9. The molecule has 0 aliphatic rings. The van der Waals surface area contributed by atoms with Gasteiger partial charge in [-0.3, -0.25) is 4.79 Å². The summed E-state index contributed by atoms with van der Waals surface area (Å²) in [6, 6.07) is 11.6. The molecule has 0 fully saturated rings. The lowest BCUT2D eigenvalue weighted by Gasteiger charge is -2.13. The number of aromatic amines is 1. The van der Waals surface area contributed by atoms with Crippen molar-refractivity contribution in [3.8, 4) is 11.5 Å². The summed E-state index contributed by atoms with van der Waals surface area (Å²) in [5.41, 5.74) is 1.22. The number of aromatic hydroxyl groups is 1. The van der Waals surface area contributed by atoms with Crippen molar-refractivity contribution >= 4 is 22.7 Å². The highest BCUT2D eigenvalue weighted by molar-refractivity contribution is 6.10. The van der Waals surface area contributed by atoms with E-state index in [-0.39, 0.29) is 17.1 Å². The summed E-state index contributed by atoms with van der Waals surface area (Å²) >= 11 is 0. The van der Waals surface area contributed by atoms with Crippen LogP contribution in [0.1, 0.15) is 27.6 Å². The van der Waals surface area contributed by atoms with Crippen LogP contribution in [0.5, 0.6) is 11.5 Å². The van der Waals surface area contributed by atoms with Gasteiger partial charge in [0.1, 0.15) is 17.1 Å². The van der Waals surface area contributed by atoms with E-state index in [0.29, 0.717) is 11.3 Å². The number of fused-ring (bicyclic) bond motifs is 1. The molecule has 0 aliphatic heterocycles. The van der Waals surface area contributed by atoms with Gasteiger partial charge in [-0.2, -0.15) is 0 Å². The molecule has 25 heavy (non-hydrogen) atoms. The molecule has 0 radical (unpaired) electrons. The Balaban J connectivity index is 1.81. The van der Waals surface area contributed by atoms with Crippen LogP contribution < -0.4 is 4.74 Å². The van der Waals surface area contributed by atoms with Crippen molar-refractivity contribution < 1.29 is 24.2 Å². The van der Waals surface area contributed by atoms with Crippen molar-refractivity contribution in [1.29, 1.82) is 0 Å². The largest absolute Gasteiger partial charge is 0.507 e. The van der Waals surface area contributed by atoms with E-state index in [2.05, 4.69) is 4.98 Å². The van der Waals surface area contributed by atoms with E-state index in [1.54, 1.807) is 6.20 Å². The van der Waals surface area contributed by atoms with Crippen LogP contribution in [0, 0.1) is 0 Å². The smallest absolute Gasteiger partial charge is 0.342 e. The summed E-state index contributed by atoms with van der Waals surface area (Å²) in [6.45, 7) is 1.50. The summed E-state index contributed by atoms with van der Waals surface area (Å²) < 4.78 is 10.3. The molecule has 0 amide bonds. The predicted molar refractivity (Wildman–Crippen MR) is 92.2 cm³/mol. The first kappa shape index (κ1) is 16.6. The van der Waals surface area contributed by atoms with Gasteiger partial charge in [0.05, 0.1) is 7.11 Å². The molecule has 0 unspecified atom stereocenters.